The van der Waals surface area contributed by atoms with Gasteiger partial charge in [0.2, 0.25) is 0 Å². The van der Waals surface area contributed by atoms with Gasteiger partial charge in [-0.25, -0.2) is 0 Å². The average molecular weight is 84.1 g/mol. The number of hydrogen-bond acceptors (Lipinski definition) is 3. The van der Waals surface area contributed by atoms with Crippen LogP contribution in [-0.2, 0) is 0 Å². The minimum atomic E-state index is -0.120. The van der Waals surface area contributed by atoms with Gasteiger partial charge in [-0.05, 0) is 0 Å². The van der Waals surface area contributed by atoms with Gasteiger partial charge in [0.25, 0.3) is 0 Å². The van der Waals surface area contributed by atoms with Crippen LogP contribution in [0, 0.1) is 6.54 Å². The molecule has 1 aliphatic heterocycles. The largest absolute Gasteiger partial charge is 0.368 e. The summed E-state index contributed by atoms with van der Waals surface area (Å²) in [6.45, 7) is 1.71. The maximum atomic E-state index is 5.22. The zero-order valence-corrected chi connectivity index (χ0v) is 3.26. The highest BCUT2D eigenvalue weighted by Crippen LogP contribution is 1.85. The van der Waals surface area contributed by atoms with Crippen LogP contribution in [0.2, 0.25) is 0 Å². The van der Waals surface area contributed by atoms with Gasteiger partial charge in [0, 0.05) is 0 Å². The summed E-state index contributed by atoms with van der Waals surface area (Å²) >= 11 is 0. The molecule has 3 N–H and O–H groups in total. The lowest BCUT2D eigenvalue weighted by atomic mass is 10.6. The molecule has 1 atom stereocenters. The van der Waals surface area contributed by atoms with Gasteiger partial charge in [-0.1, -0.05) is 0 Å². The van der Waals surface area contributed by atoms with Crippen molar-refractivity contribution in [3.8, 4) is 0 Å². The second-order valence-electron chi connectivity index (χ2n) is 1.10. The number of nitrogens with two attached hydrogens (primary N) is 1. The molecule has 1 rings (SSSR count). The zero-order valence-electron chi connectivity index (χ0n) is 3.26. The third kappa shape index (κ3) is 0.490. The first kappa shape index (κ1) is 3.61. The summed E-state index contributed by atoms with van der Waals surface area (Å²) in [5, 5.41) is 2.73. The van der Waals surface area contributed by atoms with Crippen molar-refractivity contribution in [1.29, 1.82) is 0 Å². The topological polar surface area (TPSA) is 50.4 Å². The maximum absolute atomic E-state index is 5.22. The van der Waals surface area contributed by atoms with E-state index in [0.29, 0.717) is 0 Å². The fourth-order valence-electron chi connectivity index (χ4n) is 0.314. The van der Waals surface area contributed by atoms with Gasteiger partial charge in [-0.3, -0.25) is 4.99 Å². The molecule has 0 aromatic carbocycles. The van der Waals surface area contributed by atoms with Gasteiger partial charge in [0.05, 0.1) is 12.9 Å². The Balaban J connectivity index is 2.38. The van der Waals surface area contributed by atoms with Gasteiger partial charge in [0.1, 0.15) is 6.17 Å². The van der Waals surface area contributed by atoms with Crippen LogP contribution in [-0.4, -0.2) is 12.5 Å². The summed E-state index contributed by atoms with van der Waals surface area (Å²) in [6, 6.07) is 0. The quantitative estimate of drug-likeness (QED) is 0.398. The maximum Gasteiger partial charge on any atom is 0.121 e. The van der Waals surface area contributed by atoms with Crippen molar-refractivity contribution >= 4 is 6.34 Å². The van der Waals surface area contributed by atoms with Gasteiger partial charge in [-0.2, -0.15) is 0 Å². The van der Waals surface area contributed by atoms with E-state index in [2.05, 4.69) is 10.3 Å². The molecule has 1 unspecified atom stereocenters. The fourth-order valence-corrected chi connectivity index (χ4v) is 0.314. The predicted molar refractivity (Wildman–Crippen MR) is 23.9 cm³/mol. The first-order valence-corrected chi connectivity index (χ1v) is 1.76. The van der Waals surface area contributed by atoms with Crippen LogP contribution in [0.3, 0.4) is 0 Å². The van der Waals surface area contributed by atoms with Gasteiger partial charge < -0.3 is 11.1 Å². The van der Waals surface area contributed by atoms with E-state index in [4.69, 9.17) is 5.73 Å². The van der Waals surface area contributed by atoms with Gasteiger partial charge in [-0.15, -0.1) is 0 Å². The van der Waals surface area contributed by atoms with Crippen molar-refractivity contribution < 1.29 is 0 Å². The molecule has 0 aromatic rings. The molecule has 0 fully saturated rings. The number of hydrogen-bond donors (Lipinski definition) is 2. The first-order chi connectivity index (χ1) is 2.89. The summed E-state index contributed by atoms with van der Waals surface area (Å²) in [5.74, 6) is 0. The molecule has 33 valence electrons. The molecule has 0 amide bonds. The lowest BCUT2D eigenvalue weighted by Gasteiger charge is -1.89. The van der Waals surface area contributed by atoms with Crippen molar-refractivity contribution in [3.05, 3.63) is 6.54 Å². The van der Waals surface area contributed by atoms with Crippen molar-refractivity contribution in [2.45, 2.75) is 6.17 Å². The van der Waals surface area contributed by atoms with E-state index in [1.165, 1.54) is 0 Å². The fraction of sp³-hybridized carbons (Fsp3) is 0.333. The minimum Gasteiger partial charge on any atom is -0.368 e. The molecule has 0 aliphatic carbocycles. The molecule has 0 bridgehead atoms. The van der Waals surface area contributed by atoms with Crippen LogP contribution in [0.5, 0.6) is 0 Å². The second-order valence-corrected chi connectivity index (χ2v) is 1.10. The summed E-state index contributed by atoms with van der Waals surface area (Å²) < 4.78 is 0. The normalized spacial score (nSPS) is 30.5. The zero-order chi connectivity index (χ0) is 4.41. The van der Waals surface area contributed by atoms with Crippen LogP contribution in [0.15, 0.2) is 4.99 Å². The van der Waals surface area contributed by atoms with E-state index in [9.17, 15) is 0 Å². The molecule has 0 spiro atoms. The van der Waals surface area contributed by atoms with Gasteiger partial charge >= 0.3 is 0 Å². The second kappa shape index (κ2) is 1.26. The van der Waals surface area contributed by atoms with E-state index in [-0.39, 0.29) is 6.17 Å². The SMILES string of the molecule is NC1[CH]NC=N1. The van der Waals surface area contributed by atoms with Crippen molar-refractivity contribution in [3.63, 3.8) is 0 Å². The molecule has 6 heavy (non-hydrogen) atoms. The summed E-state index contributed by atoms with van der Waals surface area (Å²) in [5.41, 5.74) is 5.22. The molecule has 0 saturated heterocycles. The van der Waals surface area contributed by atoms with Crippen LogP contribution in [0.25, 0.3) is 0 Å². The Morgan fingerprint density at radius 1 is 1.83 bits per heavy atom. The van der Waals surface area contributed by atoms with E-state index in [1.807, 2.05) is 0 Å². The molecule has 1 radical (unpaired) electrons. The first-order valence-electron chi connectivity index (χ1n) is 1.76. The van der Waals surface area contributed by atoms with E-state index >= 15 is 0 Å². The Kier molecular flexibility index (Phi) is 0.759. The predicted octanol–water partition coefficient (Wildman–Crippen LogP) is -0.936. The molecular formula is C3H6N3. The van der Waals surface area contributed by atoms with E-state index in [0.717, 1.165) is 0 Å². The molecule has 1 heterocycles. The highest BCUT2D eigenvalue weighted by atomic mass is 15.1. The molecule has 1 aliphatic rings. The standard InChI is InChI=1S/C3H6N3/c4-3-1-5-2-6-3/h1-3H,4H2,(H,5,6). The Morgan fingerprint density at radius 2 is 2.67 bits per heavy atom. The summed E-state index contributed by atoms with van der Waals surface area (Å²) in [7, 11) is 0. The highest BCUT2D eigenvalue weighted by Gasteiger charge is 1.99. The molecular weight excluding hydrogens is 78.1 g/mol. The van der Waals surface area contributed by atoms with Crippen LogP contribution in [0.1, 0.15) is 0 Å². The summed E-state index contributed by atoms with van der Waals surface area (Å²) in [4.78, 5) is 3.72. The lowest BCUT2D eigenvalue weighted by Crippen LogP contribution is -2.17. The summed E-state index contributed by atoms with van der Waals surface area (Å²) in [6.07, 6.45) is 1.45. The van der Waals surface area contributed by atoms with Crippen LogP contribution < -0.4 is 11.1 Å². The third-order valence-electron chi connectivity index (χ3n) is 0.588. The molecule has 3 heteroatoms. The monoisotopic (exact) mass is 84.1 g/mol. The van der Waals surface area contributed by atoms with Crippen molar-refractivity contribution in [1.82, 2.24) is 5.32 Å². The molecule has 0 aromatic heterocycles. The number of nitrogens with zero attached hydrogens (tertiary/aromatic N) is 1. The molecule has 3 nitrogen and oxygen atoms in total. The Labute approximate surface area is 36.2 Å². The van der Waals surface area contributed by atoms with E-state index in [1.54, 1.807) is 12.9 Å². The Hall–Kier alpha value is -0.570. The number of aliphatic imine (C=N–C) groups is 1. The smallest absolute Gasteiger partial charge is 0.121 e. The minimum absolute atomic E-state index is 0.120. The lowest BCUT2D eigenvalue weighted by molar-refractivity contribution is 0.822. The highest BCUT2D eigenvalue weighted by molar-refractivity contribution is 5.58. The Bertz CT molecular complexity index is 68.4. The van der Waals surface area contributed by atoms with Crippen molar-refractivity contribution in [2.75, 3.05) is 0 Å². The van der Waals surface area contributed by atoms with Crippen LogP contribution in [0.4, 0.5) is 0 Å². The number of nitrogens with one attached hydrogen (secondary N) is 1. The Morgan fingerprint density at radius 3 is 2.83 bits per heavy atom. The van der Waals surface area contributed by atoms with Gasteiger partial charge in [0.15, 0.2) is 0 Å². The van der Waals surface area contributed by atoms with Crippen molar-refractivity contribution in [2.24, 2.45) is 10.7 Å². The van der Waals surface area contributed by atoms with Crippen LogP contribution >= 0.6 is 0 Å². The third-order valence-corrected chi connectivity index (χ3v) is 0.588. The number of rotatable bonds is 0. The molecule has 0 saturated carbocycles. The average Bonchev–Trinajstić information content (AvgIpc) is 1.86. The van der Waals surface area contributed by atoms with E-state index < -0.39 is 0 Å².